The summed E-state index contributed by atoms with van der Waals surface area (Å²) in [7, 11) is 0. The number of benzene rings is 6. The van der Waals surface area contributed by atoms with Crippen LogP contribution in [0.15, 0.2) is 140 Å². The number of fused-ring (bicyclic) bond motifs is 2. The highest BCUT2D eigenvalue weighted by molar-refractivity contribution is 6.14. The molecular weight excluding hydrogens is 478 g/mol. The lowest BCUT2D eigenvalue weighted by Crippen LogP contribution is -2.10. The van der Waals surface area contributed by atoms with Crippen molar-refractivity contribution in [2.75, 3.05) is 4.90 Å². The van der Waals surface area contributed by atoms with Crippen LogP contribution in [0.4, 0.5) is 17.1 Å². The quantitative estimate of drug-likeness (QED) is 0.124. The molecule has 0 aliphatic heterocycles. The van der Waals surface area contributed by atoms with Gasteiger partial charge in [-0.05, 0) is 70.3 Å². The summed E-state index contributed by atoms with van der Waals surface area (Å²) < 4.78 is 0. The van der Waals surface area contributed by atoms with Gasteiger partial charge in [-0.2, -0.15) is 0 Å². The van der Waals surface area contributed by atoms with E-state index < -0.39 is 0 Å². The maximum Gasteiger partial charge on any atom is 0.186 e. The minimum atomic E-state index is -0.203. The smallest absolute Gasteiger partial charge is 0.186 e. The van der Waals surface area contributed by atoms with E-state index in [1.54, 1.807) is 18.2 Å². The van der Waals surface area contributed by atoms with Crippen LogP contribution in [0.25, 0.3) is 27.6 Å². The normalized spacial score (nSPS) is 11.2. The minimum absolute atomic E-state index is 0.203. The van der Waals surface area contributed by atoms with Gasteiger partial charge in [0.15, 0.2) is 12.1 Å². The van der Waals surface area contributed by atoms with E-state index in [-0.39, 0.29) is 5.78 Å². The van der Waals surface area contributed by atoms with Gasteiger partial charge in [0.05, 0.1) is 5.69 Å². The van der Waals surface area contributed by atoms with Gasteiger partial charge >= 0.3 is 0 Å². The van der Waals surface area contributed by atoms with Crippen molar-refractivity contribution in [1.29, 1.82) is 0 Å². The number of nitrogens with zero attached hydrogens (tertiary/aromatic N) is 1. The molecule has 0 unspecified atom stereocenters. The second kappa shape index (κ2) is 10.6. The molecule has 39 heavy (non-hydrogen) atoms. The lowest BCUT2D eigenvalue weighted by Gasteiger charge is -2.27. The standard InChI is InChI=1S/C36H25NO2/c38-25-29-23-27-11-7-8-12-28(27)24-34(29)36(39)22-20-26-19-21-35(33-18-10-9-17-32(26)33)37(30-13-3-1-4-14-30)31-15-5-2-6-16-31/h1-25H/b22-20+. The van der Waals surface area contributed by atoms with E-state index in [1.807, 2.05) is 84.9 Å². The Morgan fingerprint density at radius 2 is 1.13 bits per heavy atom. The second-order valence-corrected chi connectivity index (χ2v) is 9.33. The molecule has 0 aliphatic rings. The third kappa shape index (κ3) is 4.74. The average Bonchev–Trinajstić information content (AvgIpc) is 3.01. The van der Waals surface area contributed by atoms with Crippen molar-refractivity contribution >= 4 is 56.8 Å². The Kier molecular flexibility index (Phi) is 6.55. The summed E-state index contributed by atoms with van der Waals surface area (Å²) in [5.41, 5.74) is 4.89. The number of ketones is 1. The van der Waals surface area contributed by atoms with Gasteiger partial charge in [0, 0.05) is 27.9 Å². The van der Waals surface area contributed by atoms with E-state index in [2.05, 4.69) is 47.4 Å². The molecule has 0 saturated carbocycles. The maximum atomic E-state index is 13.3. The Morgan fingerprint density at radius 1 is 0.564 bits per heavy atom. The van der Waals surface area contributed by atoms with E-state index in [0.717, 1.165) is 50.5 Å². The van der Waals surface area contributed by atoms with Crippen LogP contribution in [0.3, 0.4) is 0 Å². The second-order valence-electron chi connectivity index (χ2n) is 9.33. The van der Waals surface area contributed by atoms with Gasteiger partial charge in [-0.1, -0.05) is 97.1 Å². The number of carbonyl (C=O) groups is 2. The predicted molar refractivity (Wildman–Crippen MR) is 161 cm³/mol. The predicted octanol–water partition coefficient (Wildman–Crippen LogP) is 9.17. The van der Waals surface area contributed by atoms with Crippen LogP contribution in [0.5, 0.6) is 0 Å². The molecule has 0 bridgehead atoms. The zero-order valence-electron chi connectivity index (χ0n) is 21.2. The van der Waals surface area contributed by atoms with Gasteiger partial charge in [-0.3, -0.25) is 9.59 Å². The number of rotatable bonds is 7. The van der Waals surface area contributed by atoms with Crippen molar-refractivity contribution in [3.63, 3.8) is 0 Å². The Bertz CT molecular complexity index is 1800. The highest BCUT2D eigenvalue weighted by Crippen LogP contribution is 2.39. The topological polar surface area (TPSA) is 37.4 Å². The third-order valence-corrected chi connectivity index (χ3v) is 6.93. The van der Waals surface area contributed by atoms with Crippen LogP contribution in [0.2, 0.25) is 0 Å². The molecule has 0 saturated heterocycles. The average molecular weight is 504 g/mol. The fourth-order valence-electron chi connectivity index (χ4n) is 5.05. The summed E-state index contributed by atoms with van der Waals surface area (Å²) in [6, 6.07) is 44.2. The summed E-state index contributed by atoms with van der Waals surface area (Å²) >= 11 is 0. The van der Waals surface area contributed by atoms with Gasteiger partial charge < -0.3 is 4.90 Å². The molecule has 0 spiro atoms. The minimum Gasteiger partial charge on any atom is -0.310 e. The molecule has 0 radical (unpaired) electrons. The van der Waals surface area contributed by atoms with E-state index in [4.69, 9.17) is 0 Å². The van der Waals surface area contributed by atoms with E-state index in [0.29, 0.717) is 11.1 Å². The Hall–Kier alpha value is -5.28. The monoisotopic (exact) mass is 503 g/mol. The Morgan fingerprint density at radius 3 is 1.77 bits per heavy atom. The molecule has 0 N–H and O–H groups in total. The molecule has 0 atom stereocenters. The number of anilines is 3. The molecule has 6 aromatic rings. The van der Waals surface area contributed by atoms with Gasteiger partial charge in [-0.25, -0.2) is 0 Å². The van der Waals surface area contributed by atoms with Crippen LogP contribution in [0, 0.1) is 0 Å². The zero-order valence-corrected chi connectivity index (χ0v) is 21.2. The van der Waals surface area contributed by atoms with Gasteiger partial charge in [0.25, 0.3) is 0 Å². The first-order valence-corrected chi connectivity index (χ1v) is 12.9. The summed E-state index contributed by atoms with van der Waals surface area (Å²) in [6.07, 6.45) is 4.15. The number of para-hydroxylation sites is 2. The maximum absolute atomic E-state index is 13.3. The zero-order chi connectivity index (χ0) is 26.6. The summed E-state index contributed by atoms with van der Waals surface area (Å²) in [4.78, 5) is 27.3. The number of aldehydes is 1. The molecule has 0 aromatic heterocycles. The van der Waals surface area contributed by atoms with Crippen LogP contribution >= 0.6 is 0 Å². The van der Waals surface area contributed by atoms with Crippen molar-refractivity contribution in [2.45, 2.75) is 0 Å². The Balaban J connectivity index is 1.43. The number of carbonyl (C=O) groups excluding carboxylic acids is 2. The first-order chi connectivity index (χ1) is 19.2. The van der Waals surface area contributed by atoms with E-state index >= 15 is 0 Å². The molecule has 0 aliphatic carbocycles. The van der Waals surface area contributed by atoms with Gasteiger partial charge in [-0.15, -0.1) is 0 Å². The van der Waals surface area contributed by atoms with E-state index in [9.17, 15) is 9.59 Å². The molecule has 3 nitrogen and oxygen atoms in total. The van der Waals surface area contributed by atoms with Gasteiger partial charge in [0.2, 0.25) is 0 Å². The summed E-state index contributed by atoms with van der Waals surface area (Å²) in [5, 5.41) is 3.96. The third-order valence-electron chi connectivity index (χ3n) is 6.93. The lowest BCUT2D eigenvalue weighted by atomic mass is 9.97. The van der Waals surface area contributed by atoms with Gasteiger partial charge in [0.1, 0.15) is 0 Å². The van der Waals surface area contributed by atoms with Crippen LogP contribution < -0.4 is 4.90 Å². The molecule has 0 heterocycles. The van der Waals surface area contributed by atoms with Crippen LogP contribution in [-0.4, -0.2) is 12.1 Å². The molecule has 6 aromatic carbocycles. The van der Waals surface area contributed by atoms with Crippen molar-refractivity contribution in [2.24, 2.45) is 0 Å². The lowest BCUT2D eigenvalue weighted by molar-refractivity contribution is 0.103. The fourth-order valence-corrected chi connectivity index (χ4v) is 5.05. The number of hydrogen-bond donors (Lipinski definition) is 0. The Labute approximate surface area is 227 Å². The number of allylic oxidation sites excluding steroid dienone is 1. The van der Waals surface area contributed by atoms with Crippen LogP contribution in [0.1, 0.15) is 26.3 Å². The highest BCUT2D eigenvalue weighted by atomic mass is 16.1. The summed E-state index contributed by atoms with van der Waals surface area (Å²) in [5.74, 6) is -0.203. The fraction of sp³-hybridized carbons (Fsp3) is 0. The van der Waals surface area contributed by atoms with Crippen LogP contribution in [-0.2, 0) is 0 Å². The molecule has 3 heteroatoms. The highest BCUT2D eigenvalue weighted by Gasteiger charge is 2.16. The molecule has 0 fully saturated rings. The van der Waals surface area contributed by atoms with E-state index in [1.165, 1.54) is 0 Å². The SMILES string of the molecule is O=Cc1cc2ccccc2cc1C(=O)/C=C/c1ccc(N(c2ccccc2)c2ccccc2)c2ccccc12. The molecule has 0 amide bonds. The first-order valence-electron chi connectivity index (χ1n) is 12.9. The van der Waals surface area contributed by atoms with Crippen molar-refractivity contribution in [3.8, 4) is 0 Å². The van der Waals surface area contributed by atoms with Crippen molar-refractivity contribution < 1.29 is 9.59 Å². The van der Waals surface area contributed by atoms with Crippen molar-refractivity contribution in [3.05, 3.63) is 156 Å². The number of hydrogen-bond acceptors (Lipinski definition) is 3. The first kappa shape index (κ1) is 24.1. The molecule has 6 rings (SSSR count). The van der Waals surface area contributed by atoms with Crippen molar-refractivity contribution in [1.82, 2.24) is 0 Å². The molecule has 186 valence electrons. The molecular formula is C36H25NO2. The largest absolute Gasteiger partial charge is 0.310 e. The summed E-state index contributed by atoms with van der Waals surface area (Å²) in [6.45, 7) is 0.